The Balaban J connectivity index is 1.38. The molecule has 0 fully saturated rings. The van der Waals surface area contributed by atoms with Crippen LogP contribution in [0.2, 0.25) is 0 Å². The van der Waals surface area contributed by atoms with Crippen LogP contribution in [0.4, 0.5) is 0 Å². The topological polar surface area (TPSA) is 94.9 Å². The van der Waals surface area contributed by atoms with Crippen molar-refractivity contribution in [3.05, 3.63) is 71.3 Å². The Labute approximate surface area is 220 Å². The van der Waals surface area contributed by atoms with Crippen molar-refractivity contribution < 1.29 is 23.4 Å². The van der Waals surface area contributed by atoms with E-state index in [0.717, 1.165) is 22.2 Å². The third-order valence-corrected chi connectivity index (χ3v) is 6.13. The van der Waals surface area contributed by atoms with Gasteiger partial charge >= 0.3 is 0 Å². The smallest absolute Gasteiger partial charge is 0.257 e. The summed E-state index contributed by atoms with van der Waals surface area (Å²) in [6.07, 6.45) is 0. The van der Waals surface area contributed by atoms with Crippen molar-refractivity contribution in [3.63, 3.8) is 0 Å². The lowest BCUT2D eigenvalue weighted by Gasteiger charge is -2.14. The molecule has 0 bridgehead atoms. The summed E-state index contributed by atoms with van der Waals surface area (Å²) in [5.41, 5.74) is 5.01. The Morgan fingerprint density at radius 2 is 1.65 bits per heavy atom. The van der Waals surface area contributed by atoms with Crippen LogP contribution >= 0.6 is 12.2 Å². The number of oxazole rings is 1. The second kappa shape index (κ2) is 11.3. The van der Waals surface area contributed by atoms with Gasteiger partial charge in [-0.3, -0.25) is 10.1 Å². The van der Waals surface area contributed by atoms with Crippen LogP contribution in [0.1, 0.15) is 41.3 Å². The van der Waals surface area contributed by atoms with Crippen molar-refractivity contribution >= 4 is 34.3 Å². The van der Waals surface area contributed by atoms with Crippen LogP contribution in [-0.2, 0) is 6.54 Å². The molecule has 1 amide bonds. The number of amides is 1. The van der Waals surface area contributed by atoms with Gasteiger partial charge in [0.25, 0.3) is 5.91 Å². The van der Waals surface area contributed by atoms with E-state index < -0.39 is 5.91 Å². The molecule has 0 aliphatic carbocycles. The van der Waals surface area contributed by atoms with Crippen molar-refractivity contribution in [1.29, 1.82) is 0 Å². The summed E-state index contributed by atoms with van der Waals surface area (Å²) in [5, 5.41) is 5.92. The molecule has 1 heterocycles. The number of benzene rings is 3. The molecule has 0 aliphatic heterocycles. The number of thiocarbonyl (C=S) groups is 1. The molecular weight excluding hydrogens is 490 g/mol. The zero-order chi connectivity index (χ0) is 26.5. The van der Waals surface area contributed by atoms with E-state index in [0.29, 0.717) is 41.2 Å². The zero-order valence-corrected chi connectivity index (χ0v) is 22.2. The minimum absolute atomic E-state index is 0.197. The standard InChI is InChI=1S/C28H29N3O5S/c1-16(2)19-10-11-22-21(12-19)30-27(36-22)18-8-6-17(7-9-18)15-29-28(37)31-26(32)20-13-23(33-3)25(35-5)24(14-20)34-4/h6-14,16H,15H2,1-5H3,(H2,29,31,32,37). The molecule has 0 saturated heterocycles. The fourth-order valence-corrected chi connectivity index (χ4v) is 3.97. The fraction of sp³-hybridized carbons (Fsp3) is 0.250. The quantitative estimate of drug-likeness (QED) is 0.297. The van der Waals surface area contributed by atoms with Crippen LogP contribution in [0.15, 0.2) is 59.0 Å². The van der Waals surface area contributed by atoms with Gasteiger partial charge in [-0.05, 0) is 65.7 Å². The van der Waals surface area contributed by atoms with Gasteiger partial charge < -0.3 is 23.9 Å². The summed E-state index contributed by atoms with van der Waals surface area (Å²) >= 11 is 5.31. The molecule has 192 valence electrons. The van der Waals surface area contributed by atoms with E-state index in [1.807, 2.05) is 30.3 Å². The Morgan fingerprint density at radius 3 is 2.24 bits per heavy atom. The van der Waals surface area contributed by atoms with E-state index in [9.17, 15) is 4.79 Å². The molecule has 0 aliphatic rings. The SMILES string of the molecule is COc1cc(C(=O)NC(=S)NCc2ccc(-c3nc4cc(C(C)C)ccc4o3)cc2)cc(OC)c1OC. The molecule has 4 aromatic rings. The maximum atomic E-state index is 12.7. The molecule has 4 rings (SSSR count). The summed E-state index contributed by atoms with van der Waals surface area (Å²) in [6.45, 7) is 4.73. The average Bonchev–Trinajstić information content (AvgIpc) is 3.34. The summed E-state index contributed by atoms with van der Waals surface area (Å²) < 4.78 is 21.9. The summed E-state index contributed by atoms with van der Waals surface area (Å²) in [5.74, 6) is 1.76. The van der Waals surface area contributed by atoms with Gasteiger partial charge in [0.05, 0.1) is 21.3 Å². The third-order valence-electron chi connectivity index (χ3n) is 5.89. The number of ether oxygens (including phenoxy) is 3. The predicted octanol–water partition coefficient (Wildman–Crippen LogP) is 5.45. The molecule has 3 aromatic carbocycles. The molecule has 2 N–H and O–H groups in total. The molecule has 37 heavy (non-hydrogen) atoms. The second-order valence-electron chi connectivity index (χ2n) is 8.65. The number of rotatable bonds is 8. The monoisotopic (exact) mass is 519 g/mol. The first-order valence-electron chi connectivity index (χ1n) is 11.7. The first kappa shape index (κ1) is 26.0. The van der Waals surface area contributed by atoms with Gasteiger partial charge in [0, 0.05) is 17.7 Å². The van der Waals surface area contributed by atoms with Crippen LogP contribution in [0.5, 0.6) is 17.2 Å². The van der Waals surface area contributed by atoms with Crippen molar-refractivity contribution in [2.24, 2.45) is 0 Å². The highest BCUT2D eigenvalue weighted by Crippen LogP contribution is 2.38. The number of hydrogen-bond acceptors (Lipinski definition) is 7. The number of carbonyl (C=O) groups excluding carboxylic acids is 1. The van der Waals surface area contributed by atoms with E-state index >= 15 is 0 Å². The highest BCUT2D eigenvalue weighted by molar-refractivity contribution is 7.80. The third kappa shape index (κ3) is 5.83. The van der Waals surface area contributed by atoms with E-state index in [2.05, 4.69) is 41.6 Å². The maximum Gasteiger partial charge on any atom is 0.257 e. The maximum absolute atomic E-state index is 12.7. The van der Waals surface area contributed by atoms with Crippen LogP contribution in [0, 0.1) is 0 Å². The van der Waals surface area contributed by atoms with Gasteiger partial charge in [0.2, 0.25) is 11.6 Å². The summed E-state index contributed by atoms with van der Waals surface area (Å²) in [4.78, 5) is 17.4. The first-order chi connectivity index (χ1) is 17.8. The Kier molecular flexibility index (Phi) is 7.93. The molecular formula is C28H29N3O5S. The van der Waals surface area contributed by atoms with Gasteiger partial charge in [-0.15, -0.1) is 0 Å². The number of methoxy groups -OCH3 is 3. The van der Waals surface area contributed by atoms with E-state index in [1.54, 1.807) is 12.1 Å². The molecule has 1 aromatic heterocycles. The molecule has 0 unspecified atom stereocenters. The largest absolute Gasteiger partial charge is 0.493 e. The number of aromatic nitrogens is 1. The Hall–Kier alpha value is -4.11. The molecule has 0 radical (unpaired) electrons. The van der Waals surface area contributed by atoms with E-state index in [4.69, 9.17) is 30.8 Å². The number of carbonyl (C=O) groups is 1. The van der Waals surface area contributed by atoms with E-state index in [-0.39, 0.29) is 5.11 Å². The van der Waals surface area contributed by atoms with Crippen LogP contribution in [0.3, 0.4) is 0 Å². The van der Waals surface area contributed by atoms with Crippen LogP contribution < -0.4 is 24.8 Å². The lowest BCUT2D eigenvalue weighted by Crippen LogP contribution is -2.38. The van der Waals surface area contributed by atoms with E-state index in [1.165, 1.54) is 26.9 Å². The average molecular weight is 520 g/mol. The first-order valence-corrected chi connectivity index (χ1v) is 12.1. The minimum Gasteiger partial charge on any atom is -0.493 e. The van der Waals surface area contributed by atoms with Gasteiger partial charge in [-0.2, -0.15) is 0 Å². The van der Waals surface area contributed by atoms with Crippen LogP contribution in [-0.4, -0.2) is 37.3 Å². The lowest BCUT2D eigenvalue weighted by molar-refractivity contribution is 0.0976. The Morgan fingerprint density at radius 1 is 0.973 bits per heavy atom. The van der Waals surface area contributed by atoms with Crippen molar-refractivity contribution in [3.8, 4) is 28.7 Å². The molecule has 0 saturated carbocycles. The highest BCUT2D eigenvalue weighted by atomic mass is 32.1. The zero-order valence-electron chi connectivity index (χ0n) is 21.4. The van der Waals surface area contributed by atoms with Gasteiger partial charge in [0.1, 0.15) is 5.52 Å². The number of fused-ring (bicyclic) bond motifs is 1. The summed E-state index contributed by atoms with van der Waals surface area (Å²) in [6, 6.07) is 17.0. The molecule has 8 nitrogen and oxygen atoms in total. The normalized spacial score (nSPS) is 10.9. The van der Waals surface area contributed by atoms with Gasteiger partial charge in [0.15, 0.2) is 22.2 Å². The fourth-order valence-electron chi connectivity index (χ4n) is 3.81. The number of nitrogens with one attached hydrogen (secondary N) is 2. The van der Waals surface area contributed by atoms with Gasteiger partial charge in [-0.1, -0.05) is 32.0 Å². The highest BCUT2D eigenvalue weighted by Gasteiger charge is 2.18. The molecule has 0 atom stereocenters. The lowest BCUT2D eigenvalue weighted by atomic mass is 10.0. The Bertz CT molecular complexity index is 1400. The van der Waals surface area contributed by atoms with Crippen molar-refractivity contribution in [1.82, 2.24) is 15.6 Å². The van der Waals surface area contributed by atoms with Crippen LogP contribution in [0.25, 0.3) is 22.6 Å². The number of hydrogen-bond donors (Lipinski definition) is 2. The second-order valence-corrected chi connectivity index (χ2v) is 9.06. The van der Waals surface area contributed by atoms with Gasteiger partial charge in [-0.25, -0.2) is 4.98 Å². The summed E-state index contributed by atoms with van der Waals surface area (Å²) in [7, 11) is 4.48. The molecule has 0 spiro atoms. The molecule has 9 heteroatoms. The number of nitrogens with zero attached hydrogens (tertiary/aromatic N) is 1. The van der Waals surface area contributed by atoms with Crippen molar-refractivity contribution in [2.45, 2.75) is 26.3 Å². The predicted molar refractivity (Wildman–Crippen MR) is 147 cm³/mol. The van der Waals surface area contributed by atoms with Crippen molar-refractivity contribution in [2.75, 3.05) is 21.3 Å². The minimum atomic E-state index is -0.399.